The maximum absolute atomic E-state index is 11.0. The van der Waals surface area contributed by atoms with Gasteiger partial charge in [-0.3, -0.25) is 4.79 Å². The number of ketones is 1. The van der Waals surface area contributed by atoms with Crippen LogP contribution in [0.25, 0.3) is 0 Å². The highest BCUT2D eigenvalue weighted by Gasteiger charge is 2.09. The summed E-state index contributed by atoms with van der Waals surface area (Å²) in [5.41, 5.74) is 0. The van der Waals surface area contributed by atoms with Gasteiger partial charge in [-0.05, 0) is 12.8 Å². The number of aliphatic carboxylic acids is 1. The van der Waals surface area contributed by atoms with E-state index in [9.17, 15) is 9.59 Å². The Morgan fingerprint density at radius 3 is 0.750 bits per heavy atom. The summed E-state index contributed by atoms with van der Waals surface area (Å²) in [7, 11) is 0. The maximum Gasteiger partial charge on any atom is 0.372 e. The fraction of sp³-hybridized carbons (Fsp3) is 0.938. The monoisotopic (exact) mass is 528 g/mol. The lowest BCUT2D eigenvalue weighted by molar-refractivity contribution is -0.149. The summed E-state index contributed by atoms with van der Waals surface area (Å²) in [6.07, 6.45) is 37.9. The number of alkyl halides is 1. The van der Waals surface area contributed by atoms with Crippen molar-refractivity contribution in [3.63, 3.8) is 0 Å². The Balaban J connectivity index is 3.05. The molecule has 0 aromatic carbocycles. The zero-order valence-electron chi connectivity index (χ0n) is 23.9. The van der Waals surface area contributed by atoms with Gasteiger partial charge in [0.1, 0.15) is 0 Å². The summed E-state index contributed by atoms with van der Waals surface area (Å²) >= 11 is 5.71. The predicted octanol–water partition coefficient (Wildman–Crippen LogP) is 11.2. The molecule has 0 aromatic heterocycles. The summed E-state index contributed by atoms with van der Waals surface area (Å²) in [5, 5.41) is 8.54. The Hall–Kier alpha value is -0.570. The normalized spacial score (nSPS) is 11.2. The van der Waals surface area contributed by atoms with E-state index in [4.69, 9.17) is 16.7 Å². The second kappa shape index (κ2) is 30.7. The minimum atomic E-state index is -1.28. The molecule has 214 valence electrons. The van der Waals surface area contributed by atoms with Crippen LogP contribution in [0.4, 0.5) is 0 Å². The van der Waals surface area contributed by atoms with Crippen LogP contribution in [0.1, 0.15) is 186 Å². The van der Waals surface area contributed by atoms with Gasteiger partial charge in [0, 0.05) is 12.3 Å². The van der Waals surface area contributed by atoms with E-state index in [0.717, 1.165) is 25.1 Å². The Labute approximate surface area is 229 Å². The zero-order valence-corrected chi connectivity index (χ0v) is 24.6. The smallest absolute Gasteiger partial charge is 0.372 e. The molecule has 0 aliphatic carbocycles. The van der Waals surface area contributed by atoms with Gasteiger partial charge in [0.25, 0.3) is 0 Å². The molecule has 36 heavy (non-hydrogen) atoms. The molecule has 0 atom stereocenters. The first-order valence-corrected chi connectivity index (χ1v) is 16.5. The number of hydrogen-bond donors (Lipinski definition) is 1. The van der Waals surface area contributed by atoms with E-state index < -0.39 is 11.8 Å². The third-order valence-corrected chi connectivity index (χ3v) is 7.79. The van der Waals surface area contributed by atoms with Crippen molar-refractivity contribution >= 4 is 23.4 Å². The molecule has 0 radical (unpaired) electrons. The average Bonchev–Trinajstić information content (AvgIpc) is 2.87. The number of carbonyl (C=O) groups excluding carboxylic acids is 1. The topological polar surface area (TPSA) is 54.4 Å². The Morgan fingerprint density at radius 1 is 0.361 bits per heavy atom. The van der Waals surface area contributed by atoms with Gasteiger partial charge in [-0.15, -0.1) is 11.6 Å². The van der Waals surface area contributed by atoms with Crippen LogP contribution in [0.5, 0.6) is 0 Å². The highest BCUT2D eigenvalue weighted by Crippen LogP contribution is 2.16. The van der Waals surface area contributed by atoms with Gasteiger partial charge in [0.05, 0.1) is 0 Å². The third-order valence-electron chi connectivity index (χ3n) is 7.53. The van der Waals surface area contributed by atoms with Crippen LogP contribution in [0.3, 0.4) is 0 Å². The molecule has 3 nitrogen and oxygen atoms in total. The molecule has 4 heteroatoms. The van der Waals surface area contributed by atoms with Gasteiger partial charge in [0.15, 0.2) is 0 Å². The van der Waals surface area contributed by atoms with E-state index in [1.54, 1.807) is 0 Å². The lowest BCUT2D eigenvalue weighted by Crippen LogP contribution is -2.11. The van der Waals surface area contributed by atoms with E-state index in [-0.39, 0.29) is 6.42 Å². The number of carboxylic acids is 1. The maximum atomic E-state index is 11.0. The first-order chi connectivity index (χ1) is 17.7. The standard InChI is InChI=1S/C32H61ClO3/c33-30-28-26-24-22-20-18-16-14-12-10-8-6-4-2-1-3-5-7-9-11-13-15-17-19-21-23-25-27-29-31(34)32(35)36/h1-30H2,(H,35,36). The highest BCUT2D eigenvalue weighted by molar-refractivity contribution is 6.32. The predicted molar refractivity (Wildman–Crippen MR) is 157 cm³/mol. The number of halogens is 1. The second-order valence-electron chi connectivity index (χ2n) is 11.1. The molecule has 0 saturated heterocycles. The van der Waals surface area contributed by atoms with Gasteiger partial charge in [0.2, 0.25) is 5.78 Å². The summed E-state index contributed by atoms with van der Waals surface area (Å²) in [6, 6.07) is 0. The molecule has 0 unspecified atom stereocenters. The van der Waals surface area contributed by atoms with Crippen LogP contribution in [0.15, 0.2) is 0 Å². The number of rotatable bonds is 31. The van der Waals surface area contributed by atoms with Crippen LogP contribution < -0.4 is 0 Å². The van der Waals surface area contributed by atoms with Crippen LogP contribution in [-0.2, 0) is 9.59 Å². The van der Waals surface area contributed by atoms with Gasteiger partial charge in [-0.2, -0.15) is 0 Å². The third kappa shape index (κ3) is 29.7. The van der Waals surface area contributed by atoms with Crippen molar-refractivity contribution in [1.82, 2.24) is 0 Å². The summed E-state index contributed by atoms with van der Waals surface area (Å²) < 4.78 is 0. The van der Waals surface area contributed by atoms with E-state index in [1.807, 2.05) is 0 Å². The molecule has 0 heterocycles. The van der Waals surface area contributed by atoms with E-state index in [0.29, 0.717) is 0 Å². The van der Waals surface area contributed by atoms with Crippen LogP contribution in [0.2, 0.25) is 0 Å². The zero-order chi connectivity index (χ0) is 26.4. The first kappa shape index (κ1) is 35.4. The minimum absolute atomic E-state index is 0.201. The molecule has 0 aliphatic rings. The number of unbranched alkanes of at least 4 members (excludes halogenated alkanes) is 27. The lowest BCUT2D eigenvalue weighted by atomic mass is 10.0. The molecule has 0 bridgehead atoms. The van der Waals surface area contributed by atoms with Gasteiger partial charge < -0.3 is 5.11 Å². The Bertz CT molecular complexity index is 466. The van der Waals surface area contributed by atoms with Crippen molar-refractivity contribution < 1.29 is 14.7 Å². The number of carboxylic acid groups (broad SMARTS) is 1. The van der Waals surface area contributed by atoms with Gasteiger partial charge >= 0.3 is 5.97 Å². The molecule has 0 rings (SSSR count). The van der Waals surface area contributed by atoms with Crippen molar-refractivity contribution in [3.8, 4) is 0 Å². The largest absolute Gasteiger partial charge is 0.476 e. The van der Waals surface area contributed by atoms with Crippen LogP contribution in [0, 0.1) is 0 Å². The fourth-order valence-corrected chi connectivity index (χ4v) is 5.27. The van der Waals surface area contributed by atoms with Crippen molar-refractivity contribution in [2.45, 2.75) is 186 Å². The molecular formula is C32H61ClO3. The first-order valence-electron chi connectivity index (χ1n) is 16.0. The minimum Gasteiger partial charge on any atom is -0.476 e. The quantitative estimate of drug-likeness (QED) is 0.0552. The molecule has 0 fully saturated rings. The van der Waals surface area contributed by atoms with Crippen molar-refractivity contribution in [3.05, 3.63) is 0 Å². The molecule has 0 spiro atoms. The molecule has 1 N–H and O–H groups in total. The summed E-state index contributed by atoms with van der Waals surface area (Å²) in [4.78, 5) is 21.4. The average molecular weight is 529 g/mol. The fourth-order valence-electron chi connectivity index (χ4n) is 5.08. The van der Waals surface area contributed by atoms with Gasteiger partial charge in [-0.1, -0.05) is 167 Å². The molecular weight excluding hydrogens is 468 g/mol. The Kier molecular flexibility index (Phi) is 30.2. The molecule has 0 amide bonds. The van der Waals surface area contributed by atoms with Crippen LogP contribution in [-0.4, -0.2) is 22.7 Å². The summed E-state index contributed by atoms with van der Waals surface area (Å²) in [6.45, 7) is 0. The second-order valence-corrected chi connectivity index (χ2v) is 11.4. The van der Waals surface area contributed by atoms with E-state index >= 15 is 0 Å². The number of Topliss-reactive ketones (excluding diaryl/α,β-unsaturated/α-hetero) is 1. The van der Waals surface area contributed by atoms with E-state index in [2.05, 4.69) is 0 Å². The summed E-state index contributed by atoms with van der Waals surface area (Å²) in [5.74, 6) is -1.09. The SMILES string of the molecule is O=C(O)C(=O)CCCCCCCCCCCCCCCCCCCCCCCCCCCCCCCl. The van der Waals surface area contributed by atoms with Crippen molar-refractivity contribution in [2.75, 3.05) is 5.88 Å². The van der Waals surface area contributed by atoms with Crippen molar-refractivity contribution in [1.29, 1.82) is 0 Å². The number of hydrogen-bond acceptors (Lipinski definition) is 2. The Morgan fingerprint density at radius 2 is 0.556 bits per heavy atom. The molecule has 0 aromatic rings. The van der Waals surface area contributed by atoms with E-state index in [1.165, 1.54) is 161 Å². The van der Waals surface area contributed by atoms with Gasteiger partial charge in [-0.25, -0.2) is 4.79 Å². The van der Waals surface area contributed by atoms with Crippen LogP contribution >= 0.6 is 11.6 Å². The molecule has 0 saturated carbocycles. The van der Waals surface area contributed by atoms with Crippen molar-refractivity contribution in [2.24, 2.45) is 0 Å². The number of carbonyl (C=O) groups is 2. The highest BCUT2D eigenvalue weighted by atomic mass is 35.5. The lowest BCUT2D eigenvalue weighted by Gasteiger charge is -2.04. The molecule has 0 aliphatic heterocycles.